The first-order valence-corrected chi connectivity index (χ1v) is 16.8. The van der Waals surface area contributed by atoms with E-state index in [0.29, 0.717) is 36.1 Å². The van der Waals surface area contributed by atoms with Crippen molar-refractivity contribution in [1.29, 1.82) is 0 Å². The molecule has 1 aromatic heterocycles. The summed E-state index contributed by atoms with van der Waals surface area (Å²) in [5.41, 5.74) is 1.27. The molecular formula is C32H38F2N6O3S. The molecule has 1 spiro atoms. The Balaban J connectivity index is 1.21. The average Bonchev–Trinajstić information content (AvgIpc) is 3.49. The molecular weight excluding hydrogens is 586 g/mol. The number of carbonyl (C=O) groups excluding carboxylic acids is 1. The number of sulfonamides is 1. The van der Waals surface area contributed by atoms with Crippen LogP contribution >= 0.6 is 0 Å². The summed E-state index contributed by atoms with van der Waals surface area (Å²) in [6.45, 7) is 0.194. The molecule has 234 valence electrons. The minimum absolute atomic E-state index is 0.123. The van der Waals surface area contributed by atoms with Crippen molar-refractivity contribution in [1.82, 2.24) is 14.9 Å². The van der Waals surface area contributed by atoms with Crippen molar-refractivity contribution < 1.29 is 22.0 Å². The third kappa shape index (κ3) is 6.14. The Kier molecular flexibility index (Phi) is 8.31. The van der Waals surface area contributed by atoms with Gasteiger partial charge in [-0.25, -0.2) is 27.2 Å². The molecule has 3 aromatic rings. The quantitative estimate of drug-likeness (QED) is 0.349. The Bertz CT molecular complexity index is 1640. The van der Waals surface area contributed by atoms with E-state index < -0.39 is 32.8 Å². The van der Waals surface area contributed by atoms with Gasteiger partial charge >= 0.3 is 0 Å². The third-order valence-corrected chi connectivity index (χ3v) is 10.6. The number of carbonyl (C=O) groups is 1. The number of halogens is 2. The second kappa shape index (κ2) is 12.0. The number of hydrogen-bond donors (Lipinski definition) is 2. The number of anilines is 3. The minimum atomic E-state index is -3.97. The summed E-state index contributed by atoms with van der Waals surface area (Å²) in [6, 6.07) is 10.0. The van der Waals surface area contributed by atoms with Crippen LogP contribution in [0.4, 0.5) is 26.1 Å². The molecule has 0 atom stereocenters. The van der Waals surface area contributed by atoms with E-state index in [9.17, 15) is 17.6 Å². The Morgan fingerprint density at radius 1 is 1.02 bits per heavy atom. The fraction of sp³-hybridized carbons (Fsp3) is 0.469. The lowest BCUT2D eigenvalue weighted by atomic mass is 9.76. The van der Waals surface area contributed by atoms with Crippen molar-refractivity contribution in [2.75, 3.05) is 29.0 Å². The molecule has 2 heterocycles. The number of fused-ring (bicyclic) bond motifs is 2. The van der Waals surface area contributed by atoms with Crippen molar-refractivity contribution in [3.8, 4) is 0 Å². The van der Waals surface area contributed by atoms with Gasteiger partial charge in [-0.3, -0.25) is 9.52 Å². The predicted octanol–water partition coefficient (Wildman–Crippen LogP) is 5.34. The SMILES string of the molecule is CN(C)C1CCC(Nc2ncc3c(n2)C2(CCCC2)C(=O)N(c2ccc(NS(=O)(=O)Cc4ccc(F)cc4)c(F)c2)C3)CC1. The largest absolute Gasteiger partial charge is 0.351 e. The lowest BCUT2D eigenvalue weighted by Gasteiger charge is -2.40. The van der Waals surface area contributed by atoms with Crippen molar-refractivity contribution in [2.45, 2.75) is 81.2 Å². The normalized spacial score (nSPS) is 21.5. The van der Waals surface area contributed by atoms with Gasteiger partial charge in [0, 0.05) is 29.5 Å². The highest BCUT2D eigenvalue weighted by Crippen LogP contribution is 2.47. The van der Waals surface area contributed by atoms with Crippen LogP contribution in [0, 0.1) is 11.6 Å². The van der Waals surface area contributed by atoms with Gasteiger partial charge < -0.3 is 15.1 Å². The van der Waals surface area contributed by atoms with Gasteiger partial charge in [0.05, 0.1) is 29.1 Å². The smallest absolute Gasteiger partial charge is 0.239 e. The number of benzene rings is 2. The van der Waals surface area contributed by atoms with Crippen LogP contribution in [-0.4, -0.2) is 55.4 Å². The van der Waals surface area contributed by atoms with Crippen molar-refractivity contribution in [3.63, 3.8) is 0 Å². The number of aromatic nitrogens is 2. The highest BCUT2D eigenvalue weighted by atomic mass is 32.2. The topological polar surface area (TPSA) is 108 Å². The molecule has 0 saturated heterocycles. The molecule has 6 rings (SSSR count). The maximum absolute atomic E-state index is 15.3. The first-order chi connectivity index (χ1) is 21.0. The Morgan fingerprint density at radius 3 is 2.39 bits per heavy atom. The van der Waals surface area contributed by atoms with Gasteiger partial charge in [0.2, 0.25) is 21.9 Å². The minimum Gasteiger partial charge on any atom is -0.351 e. The molecule has 3 aliphatic rings. The Labute approximate surface area is 257 Å². The highest BCUT2D eigenvalue weighted by molar-refractivity contribution is 7.91. The van der Waals surface area contributed by atoms with Crippen LogP contribution in [0.15, 0.2) is 48.7 Å². The molecule has 12 heteroatoms. The standard InChI is InChI=1S/C32H38F2N6O3S/c1-39(2)25-11-9-24(10-12-25)36-31-35-18-22-19-40(30(41)32(29(22)37-31)15-3-4-16-32)26-13-14-28(27(34)17-26)38-44(42,43)20-21-5-7-23(33)8-6-21/h5-8,13-14,17-18,24-25,38H,3-4,9-12,15-16,19-20H2,1-2H3,(H,35,36,37). The number of nitrogens with one attached hydrogen (secondary N) is 2. The third-order valence-electron chi connectivity index (χ3n) is 9.32. The summed E-state index contributed by atoms with van der Waals surface area (Å²) in [5.74, 6) is -1.29. The van der Waals surface area contributed by atoms with Crippen LogP contribution in [0.2, 0.25) is 0 Å². The van der Waals surface area contributed by atoms with E-state index in [1.54, 1.807) is 17.2 Å². The molecule has 0 radical (unpaired) electrons. The second-order valence-electron chi connectivity index (χ2n) is 12.5. The van der Waals surface area contributed by atoms with E-state index in [1.165, 1.54) is 36.4 Å². The summed E-state index contributed by atoms with van der Waals surface area (Å²) in [4.78, 5) is 27.5. The van der Waals surface area contributed by atoms with Gasteiger partial charge in [-0.1, -0.05) is 25.0 Å². The zero-order chi connectivity index (χ0) is 31.1. The van der Waals surface area contributed by atoms with Crippen molar-refractivity contribution in [3.05, 3.63) is 77.1 Å². The fourth-order valence-corrected chi connectivity index (χ4v) is 8.13. The highest BCUT2D eigenvalue weighted by Gasteiger charge is 2.51. The fourth-order valence-electron chi connectivity index (χ4n) is 6.92. The van der Waals surface area contributed by atoms with E-state index in [0.717, 1.165) is 49.8 Å². The van der Waals surface area contributed by atoms with Crippen LogP contribution in [0.5, 0.6) is 0 Å². The van der Waals surface area contributed by atoms with E-state index in [4.69, 9.17) is 4.98 Å². The molecule has 44 heavy (non-hydrogen) atoms. The monoisotopic (exact) mass is 624 g/mol. The van der Waals surface area contributed by atoms with Crippen LogP contribution in [0.1, 0.15) is 68.2 Å². The summed E-state index contributed by atoms with van der Waals surface area (Å²) >= 11 is 0. The molecule has 2 aromatic carbocycles. The number of amides is 1. The summed E-state index contributed by atoms with van der Waals surface area (Å²) in [6.07, 6.45) is 9.16. The van der Waals surface area contributed by atoms with Gasteiger partial charge in [-0.2, -0.15) is 0 Å². The van der Waals surface area contributed by atoms with Crippen LogP contribution in [-0.2, 0) is 32.5 Å². The summed E-state index contributed by atoms with van der Waals surface area (Å²) in [5, 5.41) is 3.52. The second-order valence-corrected chi connectivity index (χ2v) is 14.2. The maximum Gasteiger partial charge on any atom is 0.239 e. The molecule has 2 aliphatic carbocycles. The van der Waals surface area contributed by atoms with E-state index >= 15 is 4.39 Å². The zero-order valence-corrected chi connectivity index (χ0v) is 25.8. The van der Waals surface area contributed by atoms with Gasteiger partial charge in [0.1, 0.15) is 11.6 Å². The molecule has 2 N–H and O–H groups in total. The van der Waals surface area contributed by atoms with Gasteiger partial charge in [0.25, 0.3) is 0 Å². The van der Waals surface area contributed by atoms with Crippen LogP contribution < -0.4 is 14.9 Å². The van der Waals surface area contributed by atoms with Gasteiger partial charge in [-0.15, -0.1) is 0 Å². The Morgan fingerprint density at radius 2 is 1.73 bits per heavy atom. The summed E-state index contributed by atoms with van der Waals surface area (Å²) < 4.78 is 56.2. The average molecular weight is 625 g/mol. The molecule has 0 unspecified atom stereocenters. The van der Waals surface area contributed by atoms with E-state index in [1.807, 2.05) is 0 Å². The van der Waals surface area contributed by atoms with Crippen molar-refractivity contribution in [2.24, 2.45) is 0 Å². The molecule has 0 bridgehead atoms. The molecule has 1 amide bonds. The van der Waals surface area contributed by atoms with Crippen LogP contribution in [0.25, 0.3) is 0 Å². The first kappa shape index (κ1) is 30.4. The number of nitrogens with zero attached hydrogens (tertiary/aromatic N) is 4. The predicted molar refractivity (Wildman–Crippen MR) is 166 cm³/mol. The van der Waals surface area contributed by atoms with Gasteiger partial charge in [0.15, 0.2) is 0 Å². The van der Waals surface area contributed by atoms with Crippen molar-refractivity contribution >= 4 is 33.3 Å². The van der Waals surface area contributed by atoms with E-state index in [-0.39, 0.29) is 24.2 Å². The van der Waals surface area contributed by atoms with E-state index in [2.05, 4.69) is 34.0 Å². The molecule has 9 nitrogen and oxygen atoms in total. The lowest BCUT2D eigenvalue weighted by Crippen LogP contribution is -2.50. The zero-order valence-electron chi connectivity index (χ0n) is 25.0. The Hall–Kier alpha value is -3.64. The van der Waals surface area contributed by atoms with Crippen LogP contribution in [0.3, 0.4) is 0 Å². The molecule has 2 saturated carbocycles. The first-order valence-electron chi connectivity index (χ1n) is 15.2. The summed E-state index contributed by atoms with van der Waals surface area (Å²) in [7, 11) is 0.270. The van der Waals surface area contributed by atoms with Gasteiger partial charge in [-0.05, 0) is 88.5 Å². The number of rotatable bonds is 8. The maximum atomic E-state index is 15.3. The number of hydrogen-bond acceptors (Lipinski definition) is 7. The molecule has 1 aliphatic heterocycles. The lowest BCUT2D eigenvalue weighted by molar-refractivity contribution is -0.124. The molecule has 2 fully saturated rings.